The number of nitrogen functional groups attached to an aromatic ring is 1. The van der Waals surface area contributed by atoms with Crippen molar-refractivity contribution >= 4 is 5.69 Å². The van der Waals surface area contributed by atoms with Crippen molar-refractivity contribution in [2.45, 2.75) is 19.4 Å². The zero-order chi connectivity index (χ0) is 13.0. The van der Waals surface area contributed by atoms with E-state index in [1.807, 2.05) is 36.3 Å². The highest BCUT2D eigenvalue weighted by Gasteiger charge is 2.16. The number of aryl methyl sites for hydroxylation is 1. The molecule has 96 valence electrons. The molecule has 2 aromatic heterocycles. The van der Waals surface area contributed by atoms with Gasteiger partial charge < -0.3 is 15.6 Å². The lowest BCUT2D eigenvalue weighted by atomic mass is 10.1. The quantitative estimate of drug-likeness (QED) is 0.833. The first kappa shape index (κ1) is 12.6. The fourth-order valence-electron chi connectivity index (χ4n) is 2.04. The molecule has 5 nitrogen and oxygen atoms in total. The van der Waals surface area contributed by atoms with E-state index in [9.17, 15) is 0 Å². The van der Waals surface area contributed by atoms with Gasteiger partial charge in [0.1, 0.15) is 5.82 Å². The van der Waals surface area contributed by atoms with Crippen LogP contribution in [0.2, 0.25) is 0 Å². The van der Waals surface area contributed by atoms with Gasteiger partial charge in [-0.05, 0) is 24.6 Å². The first-order chi connectivity index (χ1) is 8.72. The van der Waals surface area contributed by atoms with Crippen molar-refractivity contribution < 1.29 is 0 Å². The molecule has 2 heterocycles. The van der Waals surface area contributed by atoms with Gasteiger partial charge in [0.05, 0.1) is 6.04 Å². The predicted octanol–water partition coefficient (Wildman–Crippen LogP) is 1.29. The van der Waals surface area contributed by atoms with Gasteiger partial charge in [-0.15, -0.1) is 0 Å². The van der Waals surface area contributed by atoms with Gasteiger partial charge >= 0.3 is 0 Å². The van der Waals surface area contributed by atoms with Crippen molar-refractivity contribution in [1.29, 1.82) is 0 Å². The van der Waals surface area contributed by atoms with Crippen LogP contribution in [0.3, 0.4) is 0 Å². The predicted molar refractivity (Wildman–Crippen MR) is 72.0 cm³/mol. The Kier molecular flexibility index (Phi) is 3.94. The molecule has 3 N–H and O–H groups in total. The number of hydrogen-bond donors (Lipinski definition) is 2. The Labute approximate surface area is 107 Å². The van der Waals surface area contributed by atoms with Crippen LogP contribution in [0, 0.1) is 0 Å². The molecule has 0 aliphatic carbocycles. The third-order valence-electron chi connectivity index (χ3n) is 2.99. The first-order valence-corrected chi connectivity index (χ1v) is 6.11. The average Bonchev–Trinajstić information content (AvgIpc) is 2.78. The molecule has 1 unspecified atom stereocenters. The van der Waals surface area contributed by atoms with E-state index in [0.29, 0.717) is 0 Å². The minimum atomic E-state index is 0.154. The number of pyridine rings is 1. The summed E-state index contributed by atoms with van der Waals surface area (Å²) >= 11 is 0. The van der Waals surface area contributed by atoms with Crippen LogP contribution in [-0.2, 0) is 13.5 Å². The number of nitrogens with one attached hydrogen (secondary N) is 1. The molecule has 18 heavy (non-hydrogen) atoms. The van der Waals surface area contributed by atoms with E-state index < -0.39 is 0 Å². The van der Waals surface area contributed by atoms with Crippen LogP contribution in [0.1, 0.15) is 24.4 Å². The molecule has 0 fully saturated rings. The normalized spacial score (nSPS) is 12.6. The van der Waals surface area contributed by atoms with E-state index in [2.05, 4.69) is 22.2 Å². The maximum Gasteiger partial charge on any atom is 0.125 e. The Bertz CT molecular complexity index is 506. The van der Waals surface area contributed by atoms with E-state index in [0.717, 1.165) is 30.0 Å². The van der Waals surface area contributed by atoms with Crippen LogP contribution in [0.5, 0.6) is 0 Å². The fourth-order valence-corrected chi connectivity index (χ4v) is 2.04. The summed E-state index contributed by atoms with van der Waals surface area (Å²) in [6.45, 7) is 2.97. The van der Waals surface area contributed by atoms with E-state index in [-0.39, 0.29) is 6.04 Å². The van der Waals surface area contributed by atoms with E-state index in [1.165, 1.54) is 0 Å². The summed E-state index contributed by atoms with van der Waals surface area (Å²) in [5, 5.41) is 3.43. The van der Waals surface area contributed by atoms with Crippen LogP contribution < -0.4 is 11.1 Å². The topological polar surface area (TPSA) is 68.8 Å². The second kappa shape index (κ2) is 5.64. The molecule has 0 saturated carbocycles. The Hall–Kier alpha value is -1.88. The molecule has 0 saturated heterocycles. The second-order valence-electron chi connectivity index (χ2n) is 4.29. The maximum atomic E-state index is 5.96. The van der Waals surface area contributed by atoms with Crippen molar-refractivity contribution in [3.05, 3.63) is 42.2 Å². The Balaban J connectivity index is 2.22. The highest BCUT2D eigenvalue weighted by Crippen LogP contribution is 2.19. The molecule has 0 bridgehead atoms. The lowest BCUT2D eigenvalue weighted by Gasteiger charge is -2.18. The number of likely N-dealkylation sites (N-methyl/N-ethyl adjacent to an activating group) is 1. The SMILES string of the molecule is CCNC(Cc1cnccc1N)c1nccn1C. The standard InChI is InChI=1S/C13H19N5/c1-3-16-12(13-17-6-7-18(13)2)8-10-9-15-5-4-11(10)14/h4-7,9,12,16H,3,8H2,1-2H3,(H2,14,15). The Morgan fingerprint density at radius 2 is 2.28 bits per heavy atom. The molecule has 5 heteroatoms. The largest absolute Gasteiger partial charge is 0.398 e. The Morgan fingerprint density at radius 1 is 1.44 bits per heavy atom. The van der Waals surface area contributed by atoms with Gasteiger partial charge in [0, 0.05) is 37.5 Å². The number of nitrogens with zero attached hydrogens (tertiary/aromatic N) is 3. The summed E-state index contributed by atoms with van der Waals surface area (Å²) in [6.07, 6.45) is 8.08. The number of nitrogens with two attached hydrogens (primary N) is 1. The summed E-state index contributed by atoms with van der Waals surface area (Å²) in [5.41, 5.74) is 7.79. The summed E-state index contributed by atoms with van der Waals surface area (Å²) in [5.74, 6) is 1.01. The number of anilines is 1. The minimum Gasteiger partial charge on any atom is -0.398 e. The van der Waals surface area contributed by atoms with Gasteiger partial charge in [0.15, 0.2) is 0 Å². The first-order valence-electron chi connectivity index (χ1n) is 6.11. The number of rotatable bonds is 5. The van der Waals surface area contributed by atoms with Gasteiger partial charge in [0.2, 0.25) is 0 Å². The molecule has 0 radical (unpaired) electrons. The Morgan fingerprint density at radius 3 is 2.89 bits per heavy atom. The molecule has 0 amide bonds. The molecule has 1 atom stereocenters. The van der Waals surface area contributed by atoms with Crippen molar-refractivity contribution in [1.82, 2.24) is 19.9 Å². The van der Waals surface area contributed by atoms with Crippen molar-refractivity contribution in [3.8, 4) is 0 Å². The van der Waals surface area contributed by atoms with Gasteiger partial charge in [-0.25, -0.2) is 4.98 Å². The number of aromatic nitrogens is 3. The van der Waals surface area contributed by atoms with Crippen LogP contribution in [-0.4, -0.2) is 21.1 Å². The minimum absolute atomic E-state index is 0.154. The summed E-state index contributed by atoms with van der Waals surface area (Å²) in [7, 11) is 2.00. The summed E-state index contributed by atoms with van der Waals surface area (Å²) in [4.78, 5) is 8.53. The molecule has 0 aromatic carbocycles. The monoisotopic (exact) mass is 245 g/mol. The van der Waals surface area contributed by atoms with Crippen LogP contribution in [0.25, 0.3) is 0 Å². The molecule has 2 rings (SSSR count). The third kappa shape index (κ3) is 2.68. The van der Waals surface area contributed by atoms with Gasteiger partial charge in [-0.3, -0.25) is 4.98 Å². The third-order valence-corrected chi connectivity index (χ3v) is 2.99. The maximum absolute atomic E-state index is 5.96. The van der Waals surface area contributed by atoms with Crippen molar-refractivity contribution in [2.24, 2.45) is 7.05 Å². The molecule has 2 aromatic rings. The lowest BCUT2D eigenvalue weighted by Crippen LogP contribution is -2.26. The van der Waals surface area contributed by atoms with Gasteiger partial charge in [0.25, 0.3) is 0 Å². The van der Waals surface area contributed by atoms with Gasteiger partial charge in [-0.1, -0.05) is 6.92 Å². The van der Waals surface area contributed by atoms with E-state index in [1.54, 1.807) is 6.20 Å². The highest BCUT2D eigenvalue weighted by molar-refractivity contribution is 5.44. The van der Waals surface area contributed by atoms with Crippen molar-refractivity contribution in [3.63, 3.8) is 0 Å². The zero-order valence-corrected chi connectivity index (χ0v) is 10.8. The fraction of sp³-hybridized carbons (Fsp3) is 0.385. The molecular formula is C13H19N5. The highest BCUT2D eigenvalue weighted by atomic mass is 15.1. The number of hydrogen-bond acceptors (Lipinski definition) is 4. The van der Waals surface area contributed by atoms with Crippen molar-refractivity contribution in [2.75, 3.05) is 12.3 Å². The van der Waals surface area contributed by atoms with Crippen LogP contribution in [0.4, 0.5) is 5.69 Å². The average molecular weight is 245 g/mol. The molecule has 0 spiro atoms. The van der Waals surface area contributed by atoms with Crippen LogP contribution in [0.15, 0.2) is 30.9 Å². The molecule has 0 aliphatic rings. The molecular weight excluding hydrogens is 226 g/mol. The lowest BCUT2D eigenvalue weighted by molar-refractivity contribution is 0.506. The number of imidazole rings is 1. The summed E-state index contributed by atoms with van der Waals surface area (Å²) < 4.78 is 2.03. The van der Waals surface area contributed by atoms with E-state index in [4.69, 9.17) is 5.73 Å². The summed E-state index contributed by atoms with van der Waals surface area (Å²) in [6, 6.07) is 1.98. The van der Waals surface area contributed by atoms with E-state index >= 15 is 0 Å². The van der Waals surface area contributed by atoms with Gasteiger partial charge in [-0.2, -0.15) is 0 Å². The second-order valence-corrected chi connectivity index (χ2v) is 4.29. The zero-order valence-electron chi connectivity index (χ0n) is 10.8. The van der Waals surface area contributed by atoms with Crippen LogP contribution >= 0.6 is 0 Å². The molecule has 0 aliphatic heterocycles. The smallest absolute Gasteiger partial charge is 0.125 e.